The zero-order valence-electron chi connectivity index (χ0n) is 15.0. The van der Waals surface area contributed by atoms with Crippen LogP contribution < -0.4 is 10.2 Å². The third-order valence-electron chi connectivity index (χ3n) is 4.43. The second-order valence-corrected chi connectivity index (χ2v) is 9.80. The van der Waals surface area contributed by atoms with Crippen LogP contribution in [0.3, 0.4) is 0 Å². The molecule has 1 amide bonds. The summed E-state index contributed by atoms with van der Waals surface area (Å²) in [5.74, 6) is -0.0421. The van der Waals surface area contributed by atoms with Gasteiger partial charge in [-0.25, -0.2) is 8.42 Å². The number of nitrogens with one attached hydrogen (secondary N) is 2. The Balaban J connectivity index is 1.53. The monoisotopic (exact) mass is 394 g/mol. The first-order valence-electron chi connectivity index (χ1n) is 8.60. The molecule has 1 aromatic heterocycles. The van der Waals surface area contributed by atoms with E-state index >= 15 is 0 Å². The van der Waals surface area contributed by atoms with Crippen molar-refractivity contribution in [2.24, 2.45) is 0 Å². The third-order valence-corrected chi connectivity index (χ3v) is 7.71. The van der Waals surface area contributed by atoms with Gasteiger partial charge in [0, 0.05) is 5.69 Å². The number of sulfonamides is 1. The molecule has 2 N–H and O–H groups in total. The van der Waals surface area contributed by atoms with E-state index in [2.05, 4.69) is 11.4 Å². The summed E-state index contributed by atoms with van der Waals surface area (Å²) in [6, 6.07) is 9.35. The SMILES string of the molecule is Cc1cc(C)cc(NC(=O)C[NH+]2CCN(S(=O)(=O)c3cccs3)CC2)c1. The van der Waals surface area contributed by atoms with E-state index in [1.54, 1.807) is 17.5 Å². The first-order valence-corrected chi connectivity index (χ1v) is 10.9. The van der Waals surface area contributed by atoms with Crippen LogP contribution in [0.4, 0.5) is 5.69 Å². The molecule has 2 heterocycles. The van der Waals surface area contributed by atoms with Gasteiger partial charge < -0.3 is 10.2 Å². The number of piperazine rings is 1. The van der Waals surface area contributed by atoms with E-state index in [9.17, 15) is 13.2 Å². The lowest BCUT2D eigenvalue weighted by molar-refractivity contribution is -0.895. The second-order valence-electron chi connectivity index (χ2n) is 6.69. The molecule has 0 bridgehead atoms. The van der Waals surface area contributed by atoms with Crippen LogP contribution in [0.25, 0.3) is 0 Å². The van der Waals surface area contributed by atoms with E-state index in [4.69, 9.17) is 0 Å². The van der Waals surface area contributed by atoms with Crippen molar-refractivity contribution in [2.45, 2.75) is 18.1 Å². The van der Waals surface area contributed by atoms with Crippen molar-refractivity contribution < 1.29 is 18.1 Å². The molecule has 6 nitrogen and oxygen atoms in total. The molecule has 0 saturated carbocycles. The summed E-state index contributed by atoms with van der Waals surface area (Å²) in [4.78, 5) is 13.4. The summed E-state index contributed by atoms with van der Waals surface area (Å²) in [6.07, 6.45) is 0. The Morgan fingerprint density at radius 1 is 1.19 bits per heavy atom. The fraction of sp³-hybridized carbons (Fsp3) is 0.389. The van der Waals surface area contributed by atoms with Gasteiger partial charge in [-0.2, -0.15) is 4.31 Å². The highest BCUT2D eigenvalue weighted by Gasteiger charge is 2.31. The first kappa shape index (κ1) is 19.0. The molecule has 0 radical (unpaired) electrons. The van der Waals surface area contributed by atoms with Crippen LogP contribution >= 0.6 is 11.3 Å². The number of thiophene rings is 1. The molecule has 8 heteroatoms. The van der Waals surface area contributed by atoms with E-state index < -0.39 is 10.0 Å². The van der Waals surface area contributed by atoms with Gasteiger partial charge in [0.25, 0.3) is 15.9 Å². The lowest BCUT2D eigenvalue weighted by atomic mass is 10.1. The predicted molar refractivity (Wildman–Crippen MR) is 103 cm³/mol. The highest BCUT2D eigenvalue weighted by molar-refractivity contribution is 7.91. The van der Waals surface area contributed by atoms with E-state index in [1.807, 2.05) is 26.0 Å². The fourth-order valence-corrected chi connectivity index (χ4v) is 5.82. The molecule has 26 heavy (non-hydrogen) atoms. The van der Waals surface area contributed by atoms with E-state index in [1.165, 1.54) is 15.6 Å². The zero-order chi connectivity index (χ0) is 18.7. The van der Waals surface area contributed by atoms with Gasteiger partial charge in [0.1, 0.15) is 4.21 Å². The number of hydrogen-bond donors (Lipinski definition) is 2. The van der Waals surface area contributed by atoms with Crippen molar-refractivity contribution in [1.82, 2.24) is 4.31 Å². The molecular formula is C18H24N3O3S2+. The molecule has 0 unspecified atom stereocenters. The van der Waals surface area contributed by atoms with E-state index in [0.29, 0.717) is 36.9 Å². The fourth-order valence-electron chi connectivity index (χ4n) is 3.24. The number of rotatable bonds is 5. The summed E-state index contributed by atoms with van der Waals surface area (Å²) >= 11 is 1.24. The molecule has 140 valence electrons. The van der Waals surface area contributed by atoms with Gasteiger partial charge in [-0.15, -0.1) is 11.3 Å². The van der Waals surface area contributed by atoms with Gasteiger partial charge >= 0.3 is 0 Å². The smallest absolute Gasteiger partial charge is 0.279 e. The van der Waals surface area contributed by atoms with Crippen molar-refractivity contribution in [3.63, 3.8) is 0 Å². The molecule has 2 aromatic rings. The molecule has 0 atom stereocenters. The maximum absolute atomic E-state index is 12.5. The number of carbonyl (C=O) groups is 1. The highest BCUT2D eigenvalue weighted by Crippen LogP contribution is 2.20. The molecule has 1 aliphatic rings. The Hall–Kier alpha value is -1.74. The van der Waals surface area contributed by atoms with Crippen LogP contribution in [0.15, 0.2) is 39.9 Å². The van der Waals surface area contributed by atoms with Crippen LogP contribution in [0.5, 0.6) is 0 Å². The minimum Gasteiger partial charge on any atom is -0.325 e. The summed E-state index contributed by atoms with van der Waals surface area (Å²) in [7, 11) is -3.39. The van der Waals surface area contributed by atoms with Crippen molar-refractivity contribution in [3.05, 3.63) is 46.8 Å². The van der Waals surface area contributed by atoms with Gasteiger partial charge in [-0.1, -0.05) is 12.1 Å². The van der Waals surface area contributed by atoms with Crippen LogP contribution in [-0.4, -0.2) is 51.4 Å². The van der Waals surface area contributed by atoms with Crippen molar-refractivity contribution >= 4 is 33.0 Å². The largest absolute Gasteiger partial charge is 0.325 e. The maximum Gasteiger partial charge on any atom is 0.279 e. The average Bonchev–Trinajstić information content (AvgIpc) is 3.09. The molecule has 0 spiro atoms. The lowest BCUT2D eigenvalue weighted by Gasteiger charge is -2.30. The summed E-state index contributed by atoms with van der Waals surface area (Å²) < 4.78 is 27.0. The van der Waals surface area contributed by atoms with E-state index in [-0.39, 0.29) is 5.91 Å². The number of benzene rings is 1. The van der Waals surface area contributed by atoms with Crippen molar-refractivity contribution in [3.8, 4) is 0 Å². The Bertz CT molecular complexity index is 851. The number of amides is 1. The molecular weight excluding hydrogens is 370 g/mol. The van der Waals surface area contributed by atoms with Crippen LogP contribution in [0.1, 0.15) is 11.1 Å². The predicted octanol–water partition coefficient (Wildman–Crippen LogP) is 0.893. The molecule has 0 aliphatic carbocycles. The van der Waals surface area contributed by atoms with Gasteiger partial charge in [-0.3, -0.25) is 4.79 Å². The Morgan fingerprint density at radius 2 is 1.85 bits per heavy atom. The Kier molecular flexibility index (Phi) is 5.76. The number of carbonyl (C=O) groups excluding carboxylic acids is 1. The van der Waals surface area contributed by atoms with Crippen LogP contribution in [-0.2, 0) is 14.8 Å². The average molecular weight is 395 g/mol. The standard InChI is InChI=1S/C18H23N3O3S2/c1-14-10-15(2)12-16(11-14)19-17(22)13-20-5-7-21(8-6-20)26(23,24)18-4-3-9-25-18/h3-4,9-12H,5-8,13H2,1-2H3,(H,19,22)/p+1. The first-order chi connectivity index (χ1) is 12.3. The Labute approximate surface area is 158 Å². The minimum atomic E-state index is -3.39. The lowest BCUT2D eigenvalue weighted by Crippen LogP contribution is -3.15. The molecule has 1 saturated heterocycles. The number of nitrogens with zero attached hydrogens (tertiary/aromatic N) is 1. The van der Waals surface area contributed by atoms with Gasteiger partial charge in [0.15, 0.2) is 6.54 Å². The number of hydrogen-bond acceptors (Lipinski definition) is 4. The van der Waals surface area contributed by atoms with Crippen LogP contribution in [0.2, 0.25) is 0 Å². The van der Waals surface area contributed by atoms with Crippen molar-refractivity contribution in [2.75, 3.05) is 38.0 Å². The highest BCUT2D eigenvalue weighted by atomic mass is 32.2. The van der Waals surface area contributed by atoms with E-state index in [0.717, 1.165) is 21.7 Å². The second kappa shape index (κ2) is 7.87. The normalized spacial score (nSPS) is 16.5. The summed E-state index contributed by atoms with van der Waals surface area (Å²) in [5.41, 5.74) is 3.03. The number of quaternary nitrogens is 1. The third kappa shape index (κ3) is 4.50. The van der Waals surface area contributed by atoms with Gasteiger partial charge in [-0.05, 0) is 48.6 Å². The summed E-state index contributed by atoms with van der Waals surface area (Å²) in [5, 5.41) is 4.71. The molecule has 1 aliphatic heterocycles. The quantitative estimate of drug-likeness (QED) is 0.791. The number of aryl methyl sites for hydroxylation is 2. The van der Waals surface area contributed by atoms with Crippen LogP contribution in [0, 0.1) is 13.8 Å². The number of anilines is 1. The summed E-state index contributed by atoms with van der Waals surface area (Å²) in [6.45, 7) is 6.48. The van der Waals surface area contributed by atoms with Gasteiger partial charge in [0.2, 0.25) is 0 Å². The minimum absolute atomic E-state index is 0.0421. The molecule has 1 aromatic carbocycles. The van der Waals surface area contributed by atoms with Crippen molar-refractivity contribution in [1.29, 1.82) is 0 Å². The Morgan fingerprint density at radius 3 is 2.42 bits per heavy atom. The van der Waals surface area contributed by atoms with Gasteiger partial charge in [0.05, 0.1) is 26.2 Å². The molecule has 1 fully saturated rings. The maximum atomic E-state index is 12.5. The topological polar surface area (TPSA) is 70.9 Å². The molecule has 3 rings (SSSR count). The zero-order valence-corrected chi connectivity index (χ0v) is 16.6.